The van der Waals surface area contributed by atoms with Crippen molar-refractivity contribution in [2.45, 2.75) is 59.0 Å². The molecule has 3 rings (SSSR count). The van der Waals surface area contributed by atoms with Crippen LogP contribution in [-0.2, 0) is 26.2 Å². The van der Waals surface area contributed by atoms with E-state index in [1.807, 2.05) is 71.0 Å². The van der Waals surface area contributed by atoms with E-state index in [0.29, 0.717) is 12.2 Å². The topological polar surface area (TPSA) is 86.8 Å². The largest absolute Gasteiger partial charge is 0.354 e. The van der Waals surface area contributed by atoms with Crippen molar-refractivity contribution >= 4 is 43.5 Å². The zero-order valence-corrected chi connectivity index (χ0v) is 26.3. The number of halogens is 1. The average Bonchev–Trinajstić information content (AvgIpc) is 2.90. The maximum absolute atomic E-state index is 14.0. The minimum Gasteiger partial charge on any atom is -0.354 e. The van der Waals surface area contributed by atoms with Crippen LogP contribution in [0.15, 0.2) is 76.1 Å². The van der Waals surface area contributed by atoms with E-state index in [-0.39, 0.29) is 23.3 Å². The number of hydrogen-bond donors (Lipinski definition) is 1. The van der Waals surface area contributed by atoms with Gasteiger partial charge in [0.25, 0.3) is 10.0 Å². The monoisotopic (exact) mass is 627 g/mol. The molecule has 214 valence electrons. The highest BCUT2D eigenvalue weighted by molar-refractivity contribution is 9.10. The van der Waals surface area contributed by atoms with E-state index in [1.165, 1.54) is 4.90 Å². The van der Waals surface area contributed by atoms with E-state index >= 15 is 0 Å². The van der Waals surface area contributed by atoms with E-state index in [9.17, 15) is 18.0 Å². The van der Waals surface area contributed by atoms with Crippen molar-refractivity contribution in [1.82, 2.24) is 10.2 Å². The molecular formula is C31H38BrN3O4S. The van der Waals surface area contributed by atoms with Crippen molar-refractivity contribution < 1.29 is 18.0 Å². The number of aryl methyl sites for hydroxylation is 3. The molecule has 0 aromatic heterocycles. The lowest BCUT2D eigenvalue weighted by atomic mass is 10.1. The van der Waals surface area contributed by atoms with Gasteiger partial charge in [0.15, 0.2) is 0 Å². The van der Waals surface area contributed by atoms with E-state index in [1.54, 1.807) is 37.3 Å². The van der Waals surface area contributed by atoms with Crippen LogP contribution in [0.3, 0.4) is 0 Å². The number of carbonyl (C=O) groups is 2. The summed E-state index contributed by atoms with van der Waals surface area (Å²) in [5.41, 5.74) is 3.87. The molecule has 0 aliphatic rings. The molecule has 0 bridgehead atoms. The van der Waals surface area contributed by atoms with Crippen molar-refractivity contribution in [2.75, 3.05) is 17.4 Å². The van der Waals surface area contributed by atoms with Crippen LogP contribution in [0.5, 0.6) is 0 Å². The fraction of sp³-hybridized carbons (Fsp3) is 0.355. The van der Waals surface area contributed by atoms with Gasteiger partial charge in [-0.2, -0.15) is 0 Å². The van der Waals surface area contributed by atoms with E-state index < -0.39 is 28.5 Å². The highest BCUT2D eigenvalue weighted by atomic mass is 79.9. The van der Waals surface area contributed by atoms with Crippen molar-refractivity contribution in [3.8, 4) is 0 Å². The number of anilines is 1. The first-order chi connectivity index (χ1) is 18.8. The summed E-state index contributed by atoms with van der Waals surface area (Å²) in [6, 6.07) is 18.6. The highest BCUT2D eigenvalue weighted by Crippen LogP contribution is 2.28. The Bertz CT molecular complexity index is 1440. The normalized spacial score (nSPS) is 12.2. The van der Waals surface area contributed by atoms with Gasteiger partial charge in [-0.05, 0) is 75.1 Å². The van der Waals surface area contributed by atoms with Gasteiger partial charge in [-0.25, -0.2) is 8.42 Å². The summed E-state index contributed by atoms with van der Waals surface area (Å²) in [6.45, 7) is 11.5. The van der Waals surface area contributed by atoms with Crippen LogP contribution in [0.2, 0.25) is 0 Å². The summed E-state index contributed by atoms with van der Waals surface area (Å²) in [5.74, 6) is -0.532. The molecule has 0 saturated carbocycles. The zero-order valence-electron chi connectivity index (χ0n) is 23.9. The molecule has 1 atom stereocenters. The molecule has 0 saturated heterocycles. The lowest BCUT2D eigenvalue weighted by Crippen LogP contribution is -2.51. The van der Waals surface area contributed by atoms with Gasteiger partial charge in [0, 0.05) is 17.6 Å². The Hall–Kier alpha value is -3.17. The number of amides is 2. The summed E-state index contributed by atoms with van der Waals surface area (Å²) in [5, 5.41) is 2.90. The van der Waals surface area contributed by atoms with E-state index in [2.05, 4.69) is 21.2 Å². The number of benzene rings is 3. The SMILES string of the molecule is Cc1ccc(S(=O)(=O)N(CC(=O)N(Cc2ccc(Br)cc2)[C@H](C)C(=O)NCC(C)C)c2ccc(C)cc2C)cc1. The molecule has 0 spiro atoms. The molecule has 0 fully saturated rings. The summed E-state index contributed by atoms with van der Waals surface area (Å²) in [4.78, 5) is 28.6. The van der Waals surface area contributed by atoms with Gasteiger partial charge >= 0.3 is 0 Å². The molecule has 0 unspecified atom stereocenters. The van der Waals surface area contributed by atoms with Gasteiger partial charge in [0.05, 0.1) is 10.6 Å². The van der Waals surface area contributed by atoms with Crippen LogP contribution in [-0.4, -0.2) is 44.3 Å². The number of sulfonamides is 1. The highest BCUT2D eigenvalue weighted by Gasteiger charge is 2.33. The van der Waals surface area contributed by atoms with Gasteiger partial charge in [-0.1, -0.05) is 77.3 Å². The molecule has 0 aliphatic carbocycles. The maximum atomic E-state index is 14.0. The first-order valence-electron chi connectivity index (χ1n) is 13.3. The van der Waals surface area contributed by atoms with Gasteiger partial charge < -0.3 is 10.2 Å². The van der Waals surface area contributed by atoms with Crippen molar-refractivity contribution in [3.05, 3.63) is 93.5 Å². The fourth-order valence-electron chi connectivity index (χ4n) is 4.26. The van der Waals surface area contributed by atoms with E-state index in [0.717, 1.165) is 31.0 Å². The summed E-state index contributed by atoms with van der Waals surface area (Å²) in [7, 11) is -4.10. The third-order valence-corrected chi connectivity index (χ3v) is 8.93. The lowest BCUT2D eigenvalue weighted by molar-refractivity contribution is -0.139. The number of rotatable bonds is 11. The van der Waals surface area contributed by atoms with Crippen molar-refractivity contribution in [3.63, 3.8) is 0 Å². The molecule has 0 aliphatic heterocycles. The van der Waals surface area contributed by atoms with E-state index in [4.69, 9.17) is 0 Å². The number of carbonyl (C=O) groups excluding carboxylic acids is 2. The second kappa shape index (κ2) is 13.5. The molecule has 0 radical (unpaired) electrons. The van der Waals surface area contributed by atoms with Gasteiger partial charge in [0.2, 0.25) is 11.8 Å². The fourth-order valence-corrected chi connectivity index (χ4v) is 6.00. The molecule has 3 aromatic carbocycles. The summed E-state index contributed by atoms with van der Waals surface area (Å²) in [6.07, 6.45) is 0. The second-order valence-electron chi connectivity index (χ2n) is 10.6. The molecule has 1 N–H and O–H groups in total. The Morgan fingerprint density at radius 2 is 1.48 bits per heavy atom. The van der Waals surface area contributed by atoms with Crippen LogP contribution >= 0.6 is 15.9 Å². The van der Waals surface area contributed by atoms with Crippen molar-refractivity contribution in [1.29, 1.82) is 0 Å². The molecule has 0 heterocycles. The minimum atomic E-state index is -4.10. The van der Waals surface area contributed by atoms with Crippen LogP contribution < -0.4 is 9.62 Å². The quantitative estimate of drug-likeness (QED) is 0.293. The summed E-state index contributed by atoms with van der Waals surface area (Å²) >= 11 is 3.43. The molecule has 3 aromatic rings. The maximum Gasteiger partial charge on any atom is 0.264 e. The van der Waals surface area contributed by atoms with Crippen LogP contribution in [0.1, 0.15) is 43.0 Å². The number of hydrogen-bond acceptors (Lipinski definition) is 4. The molecule has 9 heteroatoms. The van der Waals surface area contributed by atoms with Gasteiger partial charge in [-0.15, -0.1) is 0 Å². The standard InChI is InChI=1S/C31H38BrN3O4S/c1-21(2)18-33-31(37)25(6)34(19-26-10-12-27(32)13-11-26)30(36)20-35(29-16-9-23(4)17-24(29)5)40(38,39)28-14-7-22(3)8-15-28/h7-17,21,25H,18-20H2,1-6H3,(H,33,37)/t25-/m1/s1. The number of nitrogens with zero attached hydrogens (tertiary/aromatic N) is 2. The zero-order chi connectivity index (χ0) is 29.6. The molecular weight excluding hydrogens is 590 g/mol. The van der Waals surface area contributed by atoms with Gasteiger partial charge in [-0.3, -0.25) is 13.9 Å². The second-order valence-corrected chi connectivity index (χ2v) is 13.4. The lowest BCUT2D eigenvalue weighted by Gasteiger charge is -2.32. The Morgan fingerprint density at radius 1 is 0.875 bits per heavy atom. The molecule has 40 heavy (non-hydrogen) atoms. The number of nitrogens with one attached hydrogen (secondary N) is 1. The van der Waals surface area contributed by atoms with Crippen LogP contribution in [0.25, 0.3) is 0 Å². The summed E-state index contributed by atoms with van der Waals surface area (Å²) < 4.78 is 30.0. The predicted molar refractivity (Wildman–Crippen MR) is 164 cm³/mol. The Morgan fingerprint density at radius 3 is 2.05 bits per heavy atom. The molecule has 7 nitrogen and oxygen atoms in total. The molecule has 2 amide bonds. The Labute approximate surface area is 246 Å². The third-order valence-electron chi connectivity index (χ3n) is 6.63. The first kappa shape index (κ1) is 31.4. The minimum absolute atomic E-state index is 0.0908. The van der Waals surface area contributed by atoms with Gasteiger partial charge in [0.1, 0.15) is 12.6 Å². The van der Waals surface area contributed by atoms with Crippen LogP contribution in [0.4, 0.5) is 5.69 Å². The first-order valence-corrected chi connectivity index (χ1v) is 15.5. The Kier molecular flexibility index (Phi) is 10.6. The average molecular weight is 629 g/mol. The Balaban J connectivity index is 2.04. The third kappa shape index (κ3) is 7.95. The van der Waals surface area contributed by atoms with Crippen molar-refractivity contribution in [2.24, 2.45) is 5.92 Å². The predicted octanol–water partition coefficient (Wildman–Crippen LogP) is 5.76. The van der Waals surface area contributed by atoms with Crippen LogP contribution in [0, 0.1) is 26.7 Å². The smallest absolute Gasteiger partial charge is 0.264 e.